The minimum atomic E-state index is 0.0379. The minimum absolute atomic E-state index is 0.0379. The molecule has 3 aromatic rings. The molecule has 29 heavy (non-hydrogen) atoms. The summed E-state index contributed by atoms with van der Waals surface area (Å²) >= 11 is 5.40. The lowest BCUT2D eigenvalue weighted by Crippen LogP contribution is -2.31. The lowest BCUT2D eigenvalue weighted by atomic mass is 10.0. The third-order valence-electron chi connectivity index (χ3n) is 5.71. The number of nitrogens with zero attached hydrogens (tertiary/aromatic N) is 2. The molecule has 1 aliphatic carbocycles. The maximum atomic E-state index is 12.8. The van der Waals surface area contributed by atoms with Gasteiger partial charge in [0.15, 0.2) is 10.6 Å². The van der Waals surface area contributed by atoms with Gasteiger partial charge in [0.1, 0.15) is 0 Å². The molecule has 1 saturated carbocycles. The maximum Gasteiger partial charge on any atom is 0.222 e. The van der Waals surface area contributed by atoms with Crippen LogP contribution in [-0.4, -0.2) is 20.7 Å². The van der Waals surface area contributed by atoms with Gasteiger partial charge in [-0.05, 0) is 43.0 Å². The number of benzene rings is 2. The summed E-state index contributed by atoms with van der Waals surface area (Å²) in [6.45, 7) is 4.78. The Morgan fingerprint density at radius 2 is 1.93 bits per heavy atom. The number of carbonyl (C=O) groups excluding carboxylic acids is 1. The zero-order valence-electron chi connectivity index (χ0n) is 16.8. The molecule has 2 N–H and O–H groups in total. The fraction of sp³-hybridized carbons (Fsp3) is 0.348. The summed E-state index contributed by atoms with van der Waals surface area (Å²) in [6.07, 6.45) is 1.52. The van der Waals surface area contributed by atoms with Gasteiger partial charge in [0.2, 0.25) is 5.91 Å². The van der Waals surface area contributed by atoms with Crippen molar-refractivity contribution in [2.24, 2.45) is 11.8 Å². The molecule has 3 atom stereocenters. The molecule has 6 heteroatoms. The van der Waals surface area contributed by atoms with Crippen LogP contribution in [0.3, 0.4) is 0 Å². The third kappa shape index (κ3) is 4.48. The molecule has 1 amide bonds. The lowest BCUT2D eigenvalue weighted by Gasteiger charge is -2.19. The predicted octanol–water partition coefficient (Wildman–Crippen LogP) is 4.82. The molecule has 1 heterocycles. The Kier molecular flexibility index (Phi) is 5.62. The number of hydrogen-bond acceptors (Lipinski definition) is 3. The van der Waals surface area contributed by atoms with Crippen molar-refractivity contribution in [2.75, 3.05) is 0 Å². The van der Waals surface area contributed by atoms with Crippen LogP contribution in [0.25, 0.3) is 11.4 Å². The average Bonchev–Trinajstić information content (AvgIpc) is 3.34. The van der Waals surface area contributed by atoms with Gasteiger partial charge >= 0.3 is 0 Å². The van der Waals surface area contributed by atoms with Gasteiger partial charge in [-0.25, -0.2) is 0 Å². The Labute approximate surface area is 176 Å². The van der Waals surface area contributed by atoms with Crippen LogP contribution in [0.1, 0.15) is 36.9 Å². The SMILES string of the molecule is Cc1ccc(-c2n[nH]c(=S)n2CCC(=O)NC(c2ccccc2)C2CC2C)cc1. The monoisotopic (exact) mass is 406 g/mol. The van der Waals surface area contributed by atoms with E-state index in [0.29, 0.717) is 29.6 Å². The van der Waals surface area contributed by atoms with E-state index in [9.17, 15) is 4.79 Å². The highest BCUT2D eigenvalue weighted by Crippen LogP contribution is 2.46. The molecule has 0 saturated heterocycles. The summed E-state index contributed by atoms with van der Waals surface area (Å²) in [6, 6.07) is 18.5. The van der Waals surface area contributed by atoms with Gasteiger partial charge in [-0.15, -0.1) is 0 Å². The molecular weight excluding hydrogens is 380 g/mol. The Bertz CT molecular complexity index is 1040. The number of nitrogens with one attached hydrogen (secondary N) is 2. The zero-order chi connectivity index (χ0) is 20.4. The van der Waals surface area contributed by atoms with E-state index in [4.69, 9.17) is 12.2 Å². The molecule has 1 aliphatic rings. The zero-order valence-corrected chi connectivity index (χ0v) is 17.6. The normalized spacial score (nSPS) is 19.0. The lowest BCUT2D eigenvalue weighted by molar-refractivity contribution is -0.122. The number of H-pyrrole nitrogens is 1. The smallest absolute Gasteiger partial charge is 0.222 e. The summed E-state index contributed by atoms with van der Waals surface area (Å²) < 4.78 is 2.43. The summed E-state index contributed by atoms with van der Waals surface area (Å²) in [4.78, 5) is 12.8. The summed E-state index contributed by atoms with van der Waals surface area (Å²) in [5.74, 6) is 1.96. The van der Waals surface area contributed by atoms with Crippen molar-refractivity contribution in [1.82, 2.24) is 20.1 Å². The number of amides is 1. The second-order valence-electron chi connectivity index (χ2n) is 7.95. The van der Waals surface area contributed by atoms with Gasteiger partial charge in [0.05, 0.1) is 6.04 Å². The quantitative estimate of drug-likeness (QED) is 0.553. The van der Waals surface area contributed by atoms with Crippen LogP contribution < -0.4 is 5.32 Å². The summed E-state index contributed by atoms with van der Waals surface area (Å²) in [7, 11) is 0. The van der Waals surface area contributed by atoms with Crippen LogP contribution in [0.15, 0.2) is 54.6 Å². The minimum Gasteiger partial charge on any atom is -0.349 e. The number of rotatable bonds is 7. The van der Waals surface area contributed by atoms with Gasteiger partial charge in [-0.1, -0.05) is 67.1 Å². The number of aromatic nitrogens is 3. The molecule has 0 spiro atoms. The molecule has 3 unspecified atom stereocenters. The largest absolute Gasteiger partial charge is 0.349 e. The van der Waals surface area contributed by atoms with E-state index in [1.165, 1.54) is 11.1 Å². The second kappa shape index (κ2) is 8.33. The number of aromatic amines is 1. The van der Waals surface area contributed by atoms with Gasteiger partial charge < -0.3 is 5.32 Å². The third-order valence-corrected chi connectivity index (χ3v) is 6.02. The maximum absolute atomic E-state index is 12.8. The first-order valence-corrected chi connectivity index (χ1v) is 10.5. The molecule has 5 nitrogen and oxygen atoms in total. The van der Waals surface area contributed by atoms with E-state index < -0.39 is 0 Å². The Morgan fingerprint density at radius 1 is 1.24 bits per heavy atom. The molecule has 0 radical (unpaired) electrons. The standard InChI is InChI=1S/C23H26N4OS/c1-15-8-10-18(11-9-15)22-25-26-23(29)27(22)13-12-20(28)24-21(19-14-16(19)2)17-6-4-3-5-7-17/h3-11,16,19,21H,12-14H2,1-2H3,(H,24,28)(H,26,29). The number of aryl methyl sites for hydroxylation is 1. The topological polar surface area (TPSA) is 62.7 Å². The van der Waals surface area contributed by atoms with Crippen LogP contribution in [0.4, 0.5) is 0 Å². The van der Waals surface area contributed by atoms with E-state index >= 15 is 0 Å². The summed E-state index contributed by atoms with van der Waals surface area (Å²) in [5.41, 5.74) is 3.35. The Morgan fingerprint density at radius 3 is 2.59 bits per heavy atom. The summed E-state index contributed by atoms with van der Waals surface area (Å²) in [5, 5.41) is 10.5. The molecule has 0 bridgehead atoms. The van der Waals surface area contributed by atoms with Crippen LogP contribution >= 0.6 is 12.2 Å². The van der Waals surface area contributed by atoms with Crippen LogP contribution in [0.2, 0.25) is 0 Å². The second-order valence-corrected chi connectivity index (χ2v) is 8.34. The molecule has 150 valence electrons. The predicted molar refractivity (Wildman–Crippen MR) is 117 cm³/mol. The molecule has 0 aliphatic heterocycles. The van der Waals surface area contributed by atoms with Crippen molar-refractivity contribution in [3.05, 3.63) is 70.5 Å². The number of carbonyl (C=O) groups is 1. The van der Waals surface area contributed by atoms with Crippen molar-refractivity contribution in [3.8, 4) is 11.4 Å². The van der Waals surface area contributed by atoms with Crippen molar-refractivity contribution >= 4 is 18.1 Å². The van der Waals surface area contributed by atoms with Crippen LogP contribution in [0.5, 0.6) is 0 Å². The van der Waals surface area contributed by atoms with Crippen molar-refractivity contribution < 1.29 is 4.79 Å². The molecule has 1 aromatic heterocycles. The highest BCUT2D eigenvalue weighted by atomic mass is 32.1. The van der Waals surface area contributed by atoms with Gasteiger partial charge in [0, 0.05) is 18.5 Å². The molecule has 4 rings (SSSR count). The van der Waals surface area contributed by atoms with Gasteiger partial charge in [-0.2, -0.15) is 5.10 Å². The number of hydrogen-bond donors (Lipinski definition) is 2. The van der Waals surface area contributed by atoms with Gasteiger partial charge in [0.25, 0.3) is 0 Å². The fourth-order valence-electron chi connectivity index (χ4n) is 3.82. The molecule has 1 fully saturated rings. The molecule has 2 aromatic carbocycles. The van der Waals surface area contributed by atoms with E-state index in [-0.39, 0.29) is 11.9 Å². The highest BCUT2D eigenvalue weighted by Gasteiger charge is 2.40. The van der Waals surface area contributed by atoms with Crippen LogP contribution in [-0.2, 0) is 11.3 Å². The van der Waals surface area contributed by atoms with E-state index in [1.807, 2.05) is 47.0 Å². The Balaban J connectivity index is 1.45. The first-order valence-electron chi connectivity index (χ1n) is 10.1. The van der Waals surface area contributed by atoms with E-state index in [1.54, 1.807) is 0 Å². The van der Waals surface area contributed by atoms with E-state index in [2.05, 4.69) is 41.5 Å². The average molecular weight is 407 g/mol. The van der Waals surface area contributed by atoms with Crippen molar-refractivity contribution in [1.29, 1.82) is 0 Å². The molecular formula is C23H26N4OS. The first kappa shape index (κ1) is 19.6. The first-order chi connectivity index (χ1) is 14.0. The fourth-order valence-corrected chi connectivity index (χ4v) is 4.04. The van der Waals surface area contributed by atoms with Crippen molar-refractivity contribution in [3.63, 3.8) is 0 Å². The Hall–Kier alpha value is -2.73. The van der Waals surface area contributed by atoms with Crippen LogP contribution in [0, 0.1) is 23.5 Å². The highest BCUT2D eigenvalue weighted by molar-refractivity contribution is 7.71. The van der Waals surface area contributed by atoms with Gasteiger partial charge in [-0.3, -0.25) is 14.5 Å². The van der Waals surface area contributed by atoms with E-state index in [0.717, 1.165) is 17.8 Å². The van der Waals surface area contributed by atoms with Crippen molar-refractivity contribution in [2.45, 2.75) is 39.3 Å².